The molecule has 2 atom stereocenters. The van der Waals surface area contributed by atoms with Crippen molar-refractivity contribution in [2.45, 2.75) is 51.0 Å². The van der Waals surface area contributed by atoms with Gasteiger partial charge >= 0.3 is 0 Å². The largest absolute Gasteiger partial charge is 0.380 e. The fourth-order valence-corrected chi connectivity index (χ4v) is 3.59. The van der Waals surface area contributed by atoms with E-state index in [1.54, 1.807) is 0 Å². The van der Waals surface area contributed by atoms with Crippen molar-refractivity contribution in [3.05, 3.63) is 70.8 Å². The molecular weight excluding hydrogens is 256 g/mol. The summed E-state index contributed by atoms with van der Waals surface area (Å²) in [5.41, 5.74) is 3.93. The Balaban J connectivity index is 2.09. The molecule has 0 bridgehead atoms. The molecule has 0 aliphatic heterocycles. The van der Waals surface area contributed by atoms with Gasteiger partial charge in [-0.2, -0.15) is 0 Å². The van der Waals surface area contributed by atoms with Crippen LogP contribution in [0.1, 0.15) is 61.3 Å². The lowest BCUT2D eigenvalue weighted by Gasteiger charge is -2.38. The van der Waals surface area contributed by atoms with Crippen molar-refractivity contribution in [3.8, 4) is 0 Å². The molecule has 0 amide bonds. The Morgan fingerprint density at radius 2 is 1.95 bits per heavy atom. The van der Waals surface area contributed by atoms with Gasteiger partial charge in [0.15, 0.2) is 0 Å². The van der Waals surface area contributed by atoms with E-state index in [1.165, 1.54) is 11.1 Å². The molecule has 3 rings (SSSR count). The Bertz CT molecular complexity index is 631. The highest BCUT2D eigenvalue weighted by Crippen LogP contribution is 2.45. The van der Waals surface area contributed by atoms with E-state index < -0.39 is 5.60 Å². The average Bonchev–Trinajstić information content (AvgIpc) is 2.52. The van der Waals surface area contributed by atoms with Gasteiger partial charge in [0.05, 0.1) is 0 Å². The summed E-state index contributed by atoms with van der Waals surface area (Å²) in [5, 5.41) is 11.4. The summed E-state index contributed by atoms with van der Waals surface area (Å²) >= 11 is 0. The minimum Gasteiger partial charge on any atom is -0.380 e. The quantitative estimate of drug-likeness (QED) is 0.858. The van der Waals surface area contributed by atoms with Gasteiger partial charge in [-0.25, -0.2) is 0 Å². The van der Waals surface area contributed by atoms with Gasteiger partial charge in [-0.15, -0.1) is 0 Å². The minimum absolute atomic E-state index is 0.528. The first-order valence-corrected chi connectivity index (χ1v) is 8.06. The summed E-state index contributed by atoms with van der Waals surface area (Å²) in [7, 11) is 0. The molecule has 2 aromatic rings. The van der Waals surface area contributed by atoms with Crippen molar-refractivity contribution < 1.29 is 5.11 Å². The normalized spacial score (nSPS) is 24.6. The van der Waals surface area contributed by atoms with Crippen molar-refractivity contribution in [3.63, 3.8) is 0 Å². The number of hydrogen-bond donors (Lipinski definition) is 1. The Kier molecular flexibility index (Phi) is 3.86. The lowest BCUT2D eigenvalue weighted by molar-refractivity contribution is 0.0579. The topological polar surface area (TPSA) is 20.2 Å². The molecule has 21 heavy (non-hydrogen) atoms. The monoisotopic (exact) mass is 280 g/mol. The fraction of sp³-hybridized carbons (Fsp3) is 0.400. The number of hydrogen-bond acceptors (Lipinski definition) is 1. The van der Waals surface area contributed by atoms with Crippen LogP contribution in [-0.4, -0.2) is 5.11 Å². The van der Waals surface area contributed by atoms with Crippen LogP contribution in [0.2, 0.25) is 0 Å². The van der Waals surface area contributed by atoms with Gasteiger partial charge in [0.1, 0.15) is 5.60 Å². The Labute approximate surface area is 127 Å². The highest BCUT2D eigenvalue weighted by Gasteiger charge is 2.38. The summed E-state index contributed by atoms with van der Waals surface area (Å²) < 4.78 is 0. The van der Waals surface area contributed by atoms with Crippen molar-refractivity contribution in [2.24, 2.45) is 0 Å². The van der Waals surface area contributed by atoms with Crippen LogP contribution in [0, 0.1) is 0 Å². The standard InChI is InChI=1S/C20H24O/c1-3-7-16-8-6-9-17(14-16)20(21)13-12-15(2)18-10-4-5-11-19(18)20/h4-6,8-11,14-15,21H,3,7,12-13H2,1-2H3. The molecule has 1 nitrogen and oxygen atoms in total. The zero-order valence-electron chi connectivity index (χ0n) is 13.0. The molecule has 0 spiro atoms. The van der Waals surface area contributed by atoms with Crippen molar-refractivity contribution in [1.82, 2.24) is 0 Å². The van der Waals surface area contributed by atoms with Gasteiger partial charge in [0, 0.05) is 0 Å². The molecule has 0 radical (unpaired) electrons. The van der Waals surface area contributed by atoms with Gasteiger partial charge < -0.3 is 5.11 Å². The Hall–Kier alpha value is -1.60. The molecule has 0 fully saturated rings. The van der Waals surface area contributed by atoms with Crippen LogP contribution in [-0.2, 0) is 12.0 Å². The molecule has 1 heteroatoms. The van der Waals surface area contributed by atoms with E-state index in [2.05, 4.69) is 56.3 Å². The van der Waals surface area contributed by atoms with Gasteiger partial charge in [0.2, 0.25) is 0 Å². The molecule has 110 valence electrons. The number of aliphatic hydroxyl groups is 1. The second kappa shape index (κ2) is 5.65. The fourth-order valence-electron chi connectivity index (χ4n) is 3.59. The van der Waals surface area contributed by atoms with Crippen LogP contribution >= 0.6 is 0 Å². The van der Waals surface area contributed by atoms with Crippen LogP contribution in [0.25, 0.3) is 0 Å². The summed E-state index contributed by atoms with van der Waals surface area (Å²) in [4.78, 5) is 0. The average molecular weight is 280 g/mol. The third-order valence-electron chi connectivity index (χ3n) is 4.82. The Morgan fingerprint density at radius 3 is 2.76 bits per heavy atom. The first kappa shape index (κ1) is 14.3. The summed E-state index contributed by atoms with van der Waals surface area (Å²) in [5.74, 6) is 0.528. The number of rotatable bonds is 3. The molecule has 0 heterocycles. The molecule has 0 aromatic heterocycles. The van der Waals surface area contributed by atoms with Crippen LogP contribution < -0.4 is 0 Å². The summed E-state index contributed by atoms with van der Waals surface area (Å²) in [6, 6.07) is 16.9. The minimum atomic E-state index is -0.827. The molecule has 1 N–H and O–H groups in total. The molecule has 1 aliphatic carbocycles. The van der Waals surface area contributed by atoms with E-state index in [9.17, 15) is 5.11 Å². The van der Waals surface area contributed by atoms with Crippen molar-refractivity contribution >= 4 is 0 Å². The maximum Gasteiger partial charge on any atom is 0.115 e. The second-order valence-corrected chi connectivity index (χ2v) is 6.34. The van der Waals surface area contributed by atoms with Crippen molar-refractivity contribution in [2.75, 3.05) is 0 Å². The molecule has 0 saturated carbocycles. The zero-order valence-corrected chi connectivity index (χ0v) is 13.0. The molecule has 2 unspecified atom stereocenters. The van der Waals surface area contributed by atoms with E-state index in [0.29, 0.717) is 5.92 Å². The van der Waals surface area contributed by atoms with Gasteiger partial charge in [-0.05, 0) is 47.4 Å². The Morgan fingerprint density at radius 1 is 1.14 bits per heavy atom. The van der Waals surface area contributed by atoms with Crippen LogP contribution in [0.3, 0.4) is 0 Å². The van der Waals surface area contributed by atoms with Gasteiger partial charge in [-0.1, -0.05) is 68.8 Å². The molecule has 1 aliphatic rings. The van der Waals surface area contributed by atoms with E-state index in [1.807, 2.05) is 6.07 Å². The van der Waals surface area contributed by atoms with E-state index >= 15 is 0 Å². The van der Waals surface area contributed by atoms with Crippen LogP contribution in [0.15, 0.2) is 48.5 Å². The van der Waals surface area contributed by atoms with E-state index in [0.717, 1.165) is 36.8 Å². The molecule has 0 saturated heterocycles. The lowest BCUT2D eigenvalue weighted by Crippen LogP contribution is -2.33. The summed E-state index contributed by atoms with van der Waals surface area (Å²) in [6.07, 6.45) is 4.05. The van der Waals surface area contributed by atoms with E-state index in [4.69, 9.17) is 0 Å². The second-order valence-electron chi connectivity index (χ2n) is 6.34. The predicted molar refractivity (Wildman–Crippen MR) is 87.5 cm³/mol. The highest BCUT2D eigenvalue weighted by atomic mass is 16.3. The van der Waals surface area contributed by atoms with E-state index in [-0.39, 0.29) is 0 Å². The molecular formula is C20H24O. The third kappa shape index (κ3) is 2.51. The summed E-state index contributed by atoms with van der Waals surface area (Å²) in [6.45, 7) is 4.45. The third-order valence-corrected chi connectivity index (χ3v) is 4.82. The van der Waals surface area contributed by atoms with Crippen molar-refractivity contribution in [1.29, 1.82) is 0 Å². The smallest absolute Gasteiger partial charge is 0.115 e. The maximum absolute atomic E-state index is 11.4. The number of fused-ring (bicyclic) bond motifs is 1. The first-order chi connectivity index (χ1) is 10.1. The maximum atomic E-state index is 11.4. The first-order valence-electron chi connectivity index (χ1n) is 8.06. The SMILES string of the molecule is CCCc1cccc(C2(O)CCC(C)c3ccccc32)c1. The number of benzene rings is 2. The zero-order chi connectivity index (χ0) is 14.9. The number of aryl methyl sites for hydroxylation is 1. The van der Waals surface area contributed by atoms with Crippen LogP contribution in [0.4, 0.5) is 0 Å². The predicted octanol–water partition coefficient (Wildman–Crippen LogP) is 4.77. The van der Waals surface area contributed by atoms with Crippen LogP contribution in [0.5, 0.6) is 0 Å². The van der Waals surface area contributed by atoms with Gasteiger partial charge in [-0.3, -0.25) is 0 Å². The highest BCUT2D eigenvalue weighted by molar-refractivity contribution is 5.45. The lowest BCUT2D eigenvalue weighted by atomic mass is 9.71. The van der Waals surface area contributed by atoms with Gasteiger partial charge in [0.25, 0.3) is 0 Å². The molecule has 2 aromatic carbocycles.